The summed E-state index contributed by atoms with van der Waals surface area (Å²) in [4.78, 5) is 14.8. The molecule has 0 amide bonds. The normalized spacial score (nSPS) is 10.4. The molecule has 4 heteroatoms. The lowest BCUT2D eigenvalue weighted by Crippen LogP contribution is -2.16. The molecule has 2 N–H and O–H groups in total. The van der Waals surface area contributed by atoms with Gasteiger partial charge in [0.25, 0.3) is 0 Å². The van der Waals surface area contributed by atoms with Crippen molar-refractivity contribution in [2.24, 2.45) is 0 Å². The van der Waals surface area contributed by atoms with E-state index < -0.39 is 5.97 Å². The van der Waals surface area contributed by atoms with E-state index >= 15 is 0 Å². The van der Waals surface area contributed by atoms with E-state index in [-0.39, 0.29) is 5.56 Å². The van der Waals surface area contributed by atoms with E-state index in [1.807, 2.05) is 6.07 Å². The van der Waals surface area contributed by atoms with E-state index in [4.69, 9.17) is 5.11 Å². The molecule has 0 saturated heterocycles. The number of aryl methyl sites for hydroxylation is 1. The topological polar surface area (TPSA) is 62.2 Å². The van der Waals surface area contributed by atoms with Gasteiger partial charge in [-0.1, -0.05) is 30.3 Å². The first-order chi connectivity index (χ1) is 9.75. The first-order valence-electron chi connectivity index (χ1n) is 6.68. The number of aromatic nitrogens is 1. The van der Waals surface area contributed by atoms with Crippen molar-refractivity contribution in [3.05, 3.63) is 65.5 Å². The van der Waals surface area contributed by atoms with E-state index in [1.165, 1.54) is 11.8 Å². The smallest absolute Gasteiger partial charge is 0.337 e. The second kappa shape index (κ2) is 7.40. The Hall–Kier alpha value is -2.20. The Labute approximate surface area is 118 Å². The zero-order valence-electron chi connectivity index (χ0n) is 11.2. The van der Waals surface area contributed by atoms with Crippen LogP contribution in [-0.2, 0) is 13.0 Å². The number of pyridine rings is 1. The minimum atomic E-state index is -0.945. The summed E-state index contributed by atoms with van der Waals surface area (Å²) in [5.41, 5.74) is 2.42. The number of carbonyl (C=O) groups is 1. The number of carboxylic acids is 1. The van der Waals surface area contributed by atoms with Gasteiger partial charge < -0.3 is 10.4 Å². The van der Waals surface area contributed by atoms with Gasteiger partial charge in [-0.2, -0.15) is 0 Å². The van der Waals surface area contributed by atoms with E-state index in [9.17, 15) is 4.79 Å². The van der Waals surface area contributed by atoms with Gasteiger partial charge in [0, 0.05) is 12.7 Å². The van der Waals surface area contributed by atoms with Gasteiger partial charge >= 0.3 is 5.97 Å². The number of hydrogen-bond donors (Lipinski definition) is 2. The molecule has 0 saturated carbocycles. The van der Waals surface area contributed by atoms with Crippen molar-refractivity contribution in [3.8, 4) is 0 Å². The van der Waals surface area contributed by atoms with Crippen LogP contribution in [-0.4, -0.2) is 22.6 Å². The van der Waals surface area contributed by atoms with Crippen LogP contribution in [0.1, 0.15) is 28.0 Å². The molecule has 0 radical (unpaired) electrons. The molecule has 1 aromatic carbocycles. The molecule has 1 aromatic heterocycles. The SMILES string of the molecule is O=C(O)c1ccc(CNCCCc2ccccc2)nc1. The number of carboxylic acid groups (broad SMARTS) is 1. The summed E-state index contributed by atoms with van der Waals surface area (Å²) >= 11 is 0. The molecular weight excluding hydrogens is 252 g/mol. The lowest BCUT2D eigenvalue weighted by molar-refractivity contribution is 0.0696. The number of hydrogen-bond acceptors (Lipinski definition) is 3. The Kier molecular flexibility index (Phi) is 5.26. The van der Waals surface area contributed by atoms with Crippen molar-refractivity contribution in [3.63, 3.8) is 0 Å². The average Bonchev–Trinajstić information content (AvgIpc) is 2.48. The summed E-state index contributed by atoms with van der Waals surface area (Å²) in [6, 6.07) is 13.7. The van der Waals surface area contributed by atoms with Crippen LogP contribution in [0.3, 0.4) is 0 Å². The summed E-state index contributed by atoms with van der Waals surface area (Å²) in [7, 11) is 0. The number of rotatable bonds is 7. The first-order valence-corrected chi connectivity index (χ1v) is 6.68. The Morgan fingerprint density at radius 2 is 1.95 bits per heavy atom. The van der Waals surface area contributed by atoms with Crippen LogP contribution in [0.25, 0.3) is 0 Å². The summed E-state index contributed by atoms with van der Waals surface area (Å²) < 4.78 is 0. The second-order valence-corrected chi connectivity index (χ2v) is 4.61. The summed E-state index contributed by atoms with van der Waals surface area (Å²) in [6.07, 6.45) is 3.51. The number of nitrogens with zero attached hydrogens (tertiary/aromatic N) is 1. The van der Waals surface area contributed by atoms with E-state index in [0.717, 1.165) is 25.1 Å². The van der Waals surface area contributed by atoms with E-state index in [0.29, 0.717) is 6.54 Å². The summed E-state index contributed by atoms with van der Waals surface area (Å²) in [5.74, 6) is -0.945. The highest BCUT2D eigenvalue weighted by Crippen LogP contribution is 2.02. The van der Waals surface area contributed by atoms with Crippen LogP contribution in [0.5, 0.6) is 0 Å². The van der Waals surface area contributed by atoms with Gasteiger partial charge in [-0.25, -0.2) is 4.79 Å². The molecule has 1 heterocycles. The Morgan fingerprint density at radius 3 is 2.60 bits per heavy atom. The van der Waals surface area contributed by atoms with Crippen LogP contribution in [0, 0.1) is 0 Å². The van der Waals surface area contributed by atoms with E-state index in [1.54, 1.807) is 12.1 Å². The molecule has 0 atom stereocenters. The monoisotopic (exact) mass is 270 g/mol. The molecule has 0 aliphatic carbocycles. The minimum Gasteiger partial charge on any atom is -0.478 e. The van der Waals surface area contributed by atoms with Crippen molar-refractivity contribution < 1.29 is 9.90 Å². The molecule has 0 spiro atoms. The van der Waals surface area contributed by atoms with Crippen molar-refractivity contribution >= 4 is 5.97 Å². The van der Waals surface area contributed by atoms with Crippen LogP contribution in [0.15, 0.2) is 48.7 Å². The molecule has 0 bridgehead atoms. The third kappa shape index (κ3) is 4.48. The molecular formula is C16H18N2O2. The van der Waals surface area contributed by atoms with Crippen molar-refractivity contribution in [1.82, 2.24) is 10.3 Å². The zero-order valence-corrected chi connectivity index (χ0v) is 11.2. The Morgan fingerprint density at radius 1 is 1.15 bits per heavy atom. The lowest BCUT2D eigenvalue weighted by Gasteiger charge is -2.05. The summed E-state index contributed by atoms with van der Waals surface area (Å²) in [5, 5.41) is 12.1. The molecule has 104 valence electrons. The molecule has 0 aliphatic heterocycles. The van der Waals surface area contributed by atoms with E-state index in [2.05, 4.69) is 34.6 Å². The van der Waals surface area contributed by atoms with Crippen LogP contribution < -0.4 is 5.32 Å². The third-order valence-corrected chi connectivity index (χ3v) is 3.04. The highest BCUT2D eigenvalue weighted by molar-refractivity contribution is 5.87. The summed E-state index contributed by atoms with van der Waals surface area (Å²) in [6.45, 7) is 1.58. The van der Waals surface area contributed by atoms with Gasteiger partial charge in [-0.3, -0.25) is 4.98 Å². The highest BCUT2D eigenvalue weighted by atomic mass is 16.4. The molecule has 0 fully saturated rings. The van der Waals surface area contributed by atoms with Crippen LogP contribution in [0.2, 0.25) is 0 Å². The molecule has 4 nitrogen and oxygen atoms in total. The largest absolute Gasteiger partial charge is 0.478 e. The zero-order chi connectivity index (χ0) is 14.2. The predicted octanol–water partition coefficient (Wildman–Crippen LogP) is 2.50. The molecule has 2 rings (SSSR count). The third-order valence-electron chi connectivity index (χ3n) is 3.04. The van der Waals surface area contributed by atoms with Gasteiger partial charge in [-0.15, -0.1) is 0 Å². The maximum atomic E-state index is 10.7. The average molecular weight is 270 g/mol. The fourth-order valence-electron chi connectivity index (χ4n) is 1.93. The Bertz CT molecular complexity index is 538. The maximum Gasteiger partial charge on any atom is 0.337 e. The van der Waals surface area contributed by atoms with Crippen LogP contribution >= 0.6 is 0 Å². The number of benzene rings is 1. The van der Waals surface area contributed by atoms with Gasteiger partial charge in [0.05, 0.1) is 11.3 Å². The van der Waals surface area contributed by atoms with Gasteiger partial charge in [0.1, 0.15) is 0 Å². The first kappa shape index (κ1) is 14.2. The predicted molar refractivity (Wildman–Crippen MR) is 77.7 cm³/mol. The second-order valence-electron chi connectivity index (χ2n) is 4.61. The van der Waals surface area contributed by atoms with Gasteiger partial charge in [0.2, 0.25) is 0 Å². The quantitative estimate of drug-likeness (QED) is 0.759. The van der Waals surface area contributed by atoms with Crippen molar-refractivity contribution in [2.45, 2.75) is 19.4 Å². The molecule has 20 heavy (non-hydrogen) atoms. The molecule has 2 aromatic rings. The van der Waals surface area contributed by atoms with Gasteiger partial charge in [0.15, 0.2) is 0 Å². The molecule has 0 unspecified atom stereocenters. The Balaban J connectivity index is 1.67. The number of nitrogens with one attached hydrogen (secondary N) is 1. The van der Waals surface area contributed by atoms with Crippen molar-refractivity contribution in [2.75, 3.05) is 6.54 Å². The maximum absolute atomic E-state index is 10.7. The minimum absolute atomic E-state index is 0.220. The van der Waals surface area contributed by atoms with Gasteiger partial charge in [-0.05, 0) is 37.1 Å². The van der Waals surface area contributed by atoms with Crippen LogP contribution in [0.4, 0.5) is 0 Å². The highest BCUT2D eigenvalue weighted by Gasteiger charge is 2.02. The number of aromatic carboxylic acids is 1. The lowest BCUT2D eigenvalue weighted by atomic mass is 10.1. The molecule has 0 aliphatic rings. The van der Waals surface area contributed by atoms with Crippen molar-refractivity contribution in [1.29, 1.82) is 0 Å². The standard InChI is InChI=1S/C16H18N2O2/c19-16(20)14-8-9-15(18-11-14)12-17-10-4-7-13-5-2-1-3-6-13/h1-3,5-6,8-9,11,17H,4,7,10,12H2,(H,19,20). The fourth-order valence-corrected chi connectivity index (χ4v) is 1.93. The fraction of sp³-hybridized carbons (Fsp3) is 0.250.